The Balaban J connectivity index is 1.55. The Morgan fingerprint density at radius 2 is 1.91 bits per heavy atom. The van der Waals surface area contributed by atoms with Gasteiger partial charge in [0.1, 0.15) is 17.7 Å². The lowest BCUT2D eigenvalue weighted by molar-refractivity contribution is -0.126. The van der Waals surface area contributed by atoms with Crippen LogP contribution in [0.4, 0.5) is 8.78 Å². The van der Waals surface area contributed by atoms with Gasteiger partial charge in [-0.3, -0.25) is 9.59 Å². The molecular weight excluding hydrogens is 474 g/mol. The van der Waals surface area contributed by atoms with E-state index in [9.17, 15) is 26.8 Å². The van der Waals surface area contributed by atoms with Crippen LogP contribution in [0.3, 0.4) is 0 Å². The minimum atomic E-state index is -3.49. The van der Waals surface area contributed by atoms with Crippen molar-refractivity contribution in [3.8, 4) is 0 Å². The number of likely N-dealkylation sites (tertiary alicyclic amines) is 1. The molecule has 1 N–H and O–H groups in total. The van der Waals surface area contributed by atoms with Crippen LogP contribution in [0.2, 0.25) is 5.02 Å². The van der Waals surface area contributed by atoms with Crippen LogP contribution in [0.25, 0.3) is 0 Å². The highest BCUT2D eigenvalue weighted by atomic mass is 35.5. The van der Waals surface area contributed by atoms with Gasteiger partial charge in [0.25, 0.3) is 5.91 Å². The maximum atomic E-state index is 14.3. The molecular formula is C23H23ClF2N2O4S. The van der Waals surface area contributed by atoms with Gasteiger partial charge in [-0.25, -0.2) is 17.2 Å². The Morgan fingerprint density at radius 1 is 1.18 bits per heavy atom. The van der Waals surface area contributed by atoms with Crippen molar-refractivity contribution >= 4 is 33.3 Å². The molecule has 0 bridgehead atoms. The van der Waals surface area contributed by atoms with Gasteiger partial charge in [0.2, 0.25) is 5.91 Å². The van der Waals surface area contributed by atoms with Crippen molar-refractivity contribution in [2.24, 2.45) is 5.92 Å². The van der Waals surface area contributed by atoms with Gasteiger partial charge in [-0.2, -0.15) is 0 Å². The van der Waals surface area contributed by atoms with Gasteiger partial charge in [0.15, 0.2) is 9.84 Å². The minimum absolute atomic E-state index is 0.0521. The van der Waals surface area contributed by atoms with Crippen LogP contribution in [0.15, 0.2) is 41.3 Å². The Bertz CT molecular complexity index is 1240. The van der Waals surface area contributed by atoms with Gasteiger partial charge in [0, 0.05) is 17.2 Å². The van der Waals surface area contributed by atoms with Crippen molar-refractivity contribution < 1.29 is 26.8 Å². The normalized spacial score (nSPS) is 22.6. The summed E-state index contributed by atoms with van der Waals surface area (Å²) in [5.41, 5.74) is 0.137. The number of benzene rings is 2. The Morgan fingerprint density at radius 3 is 2.61 bits per heavy atom. The molecule has 0 unspecified atom stereocenters. The zero-order valence-corrected chi connectivity index (χ0v) is 19.6. The van der Waals surface area contributed by atoms with Crippen molar-refractivity contribution in [3.63, 3.8) is 0 Å². The first kappa shape index (κ1) is 23.6. The van der Waals surface area contributed by atoms with Crippen molar-refractivity contribution in [1.82, 2.24) is 10.2 Å². The number of sulfone groups is 1. The quantitative estimate of drug-likeness (QED) is 0.615. The first-order chi connectivity index (χ1) is 15.5. The Labute approximate surface area is 195 Å². The van der Waals surface area contributed by atoms with Crippen LogP contribution in [-0.2, 0) is 14.6 Å². The van der Waals surface area contributed by atoms with Gasteiger partial charge >= 0.3 is 0 Å². The summed E-state index contributed by atoms with van der Waals surface area (Å²) in [6, 6.07) is 5.86. The number of carbonyl (C=O) groups excluding carboxylic acids is 2. The second-order valence-corrected chi connectivity index (χ2v) is 11.2. The maximum Gasteiger partial charge on any atom is 0.254 e. The molecule has 1 aliphatic heterocycles. The highest BCUT2D eigenvalue weighted by Crippen LogP contribution is 2.48. The van der Waals surface area contributed by atoms with Gasteiger partial charge in [-0.1, -0.05) is 24.6 Å². The van der Waals surface area contributed by atoms with Crippen LogP contribution in [0.5, 0.6) is 0 Å². The molecule has 2 aliphatic rings. The van der Waals surface area contributed by atoms with Crippen LogP contribution in [0, 0.1) is 17.6 Å². The minimum Gasteiger partial charge on any atom is -0.348 e. The molecule has 4 atom stereocenters. The molecule has 1 saturated carbocycles. The lowest BCUT2D eigenvalue weighted by atomic mass is 10.1. The molecule has 1 aliphatic carbocycles. The number of amides is 2. The fourth-order valence-corrected chi connectivity index (χ4v) is 5.45. The van der Waals surface area contributed by atoms with Crippen LogP contribution in [0.1, 0.15) is 48.7 Å². The average Bonchev–Trinajstić information content (AvgIpc) is 3.45. The van der Waals surface area contributed by atoms with Crippen molar-refractivity contribution in [2.75, 3.05) is 5.75 Å². The summed E-state index contributed by atoms with van der Waals surface area (Å²) in [7, 11) is -3.49. The molecule has 2 fully saturated rings. The van der Waals surface area contributed by atoms with Crippen LogP contribution in [-0.4, -0.2) is 43.0 Å². The SMILES string of the molecule is CCS(=O)(=O)c1cccc(C(=O)N2[C@@H](C(=O)N[C@H](C)c3cc(F)c(Cl)cc3F)C[C@H]3C[C@H]32)c1. The number of carbonyl (C=O) groups is 2. The summed E-state index contributed by atoms with van der Waals surface area (Å²) in [4.78, 5) is 27.9. The zero-order valence-electron chi connectivity index (χ0n) is 18.0. The van der Waals surface area contributed by atoms with Crippen molar-refractivity contribution in [3.05, 3.63) is 64.2 Å². The molecule has 0 radical (unpaired) electrons. The van der Waals surface area contributed by atoms with Gasteiger partial charge < -0.3 is 10.2 Å². The smallest absolute Gasteiger partial charge is 0.254 e. The molecule has 4 rings (SSSR count). The number of piperidine rings is 1. The third-order valence-electron chi connectivity index (χ3n) is 6.33. The molecule has 176 valence electrons. The Kier molecular flexibility index (Phi) is 6.22. The predicted octanol–water partition coefficient (Wildman–Crippen LogP) is 3.89. The average molecular weight is 497 g/mol. The standard InChI is InChI=1S/C23H23ClF2N2O4S/c1-3-33(31,32)15-6-4-5-13(7-15)23(30)28-20-8-14(20)9-21(28)22(29)27-12(2)16-10-19(26)17(24)11-18(16)25/h4-7,10-12,14,20-21H,3,8-9H2,1-2H3,(H,27,29)/t12-,14-,20-,21-/m1/s1. The topological polar surface area (TPSA) is 83.6 Å². The van der Waals surface area contributed by atoms with E-state index in [4.69, 9.17) is 11.6 Å². The van der Waals surface area contributed by atoms with Crippen molar-refractivity contribution in [1.29, 1.82) is 0 Å². The summed E-state index contributed by atoms with van der Waals surface area (Å²) in [5, 5.41) is 2.32. The van der Waals surface area contributed by atoms with E-state index in [-0.39, 0.29) is 38.8 Å². The molecule has 1 heterocycles. The first-order valence-corrected chi connectivity index (χ1v) is 12.7. The van der Waals surface area contributed by atoms with Crippen molar-refractivity contribution in [2.45, 2.75) is 49.7 Å². The molecule has 2 aromatic carbocycles. The monoisotopic (exact) mass is 496 g/mol. The van der Waals surface area contributed by atoms with E-state index in [2.05, 4.69) is 5.32 Å². The summed E-state index contributed by atoms with van der Waals surface area (Å²) in [5.74, 6) is -2.35. The number of nitrogens with zero attached hydrogens (tertiary/aromatic N) is 1. The molecule has 0 aromatic heterocycles. The van der Waals surface area contributed by atoms with E-state index < -0.39 is 45.4 Å². The second-order valence-electron chi connectivity index (χ2n) is 8.48. The molecule has 10 heteroatoms. The summed E-state index contributed by atoms with van der Waals surface area (Å²) in [6.07, 6.45) is 1.23. The fraction of sp³-hybridized carbons (Fsp3) is 0.391. The number of hydrogen-bond acceptors (Lipinski definition) is 4. The molecule has 2 amide bonds. The van der Waals surface area contributed by atoms with E-state index in [0.717, 1.165) is 18.6 Å². The van der Waals surface area contributed by atoms with Gasteiger partial charge in [-0.05, 0) is 56.0 Å². The van der Waals surface area contributed by atoms with Gasteiger partial charge in [-0.15, -0.1) is 0 Å². The predicted molar refractivity (Wildman–Crippen MR) is 119 cm³/mol. The van der Waals surface area contributed by atoms with Crippen LogP contribution < -0.4 is 5.32 Å². The second kappa shape index (κ2) is 8.68. The number of nitrogens with one attached hydrogen (secondary N) is 1. The number of rotatable bonds is 6. The summed E-state index contributed by atoms with van der Waals surface area (Å²) >= 11 is 5.60. The third kappa shape index (κ3) is 4.48. The molecule has 0 spiro atoms. The van der Waals surface area contributed by atoms with E-state index in [0.29, 0.717) is 6.42 Å². The number of halogens is 3. The largest absolute Gasteiger partial charge is 0.348 e. The number of fused-ring (bicyclic) bond motifs is 1. The van der Waals surface area contributed by atoms with E-state index >= 15 is 0 Å². The van der Waals surface area contributed by atoms with E-state index in [1.165, 1.54) is 43.0 Å². The first-order valence-electron chi connectivity index (χ1n) is 10.6. The summed E-state index contributed by atoms with van der Waals surface area (Å²) < 4.78 is 52.5. The summed E-state index contributed by atoms with van der Waals surface area (Å²) in [6.45, 7) is 3.04. The molecule has 1 saturated heterocycles. The molecule has 33 heavy (non-hydrogen) atoms. The lowest BCUT2D eigenvalue weighted by Crippen LogP contribution is -2.48. The van der Waals surface area contributed by atoms with E-state index in [1.807, 2.05) is 0 Å². The molecule has 6 nitrogen and oxygen atoms in total. The number of hydrogen-bond donors (Lipinski definition) is 1. The van der Waals surface area contributed by atoms with Crippen LogP contribution >= 0.6 is 11.6 Å². The van der Waals surface area contributed by atoms with E-state index in [1.54, 1.807) is 0 Å². The molecule has 2 aromatic rings. The third-order valence-corrected chi connectivity index (χ3v) is 8.35. The van der Waals surface area contributed by atoms with Gasteiger partial charge in [0.05, 0.1) is 21.7 Å². The zero-order chi connectivity index (χ0) is 24.1. The maximum absolute atomic E-state index is 14.3. The highest BCUT2D eigenvalue weighted by Gasteiger charge is 2.56. The lowest BCUT2D eigenvalue weighted by Gasteiger charge is -2.28. The Hall–Kier alpha value is -2.52. The highest BCUT2D eigenvalue weighted by molar-refractivity contribution is 7.91. The fourth-order valence-electron chi connectivity index (χ4n) is 4.38.